The molecule has 0 bridgehead atoms. The number of nitrogens with zero attached hydrogens (tertiary/aromatic N) is 3. The molecule has 2 aromatic carbocycles. The first-order valence-corrected chi connectivity index (χ1v) is 9.50. The van der Waals surface area contributed by atoms with Crippen molar-refractivity contribution in [1.82, 2.24) is 5.01 Å². The van der Waals surface area contributed by atoms with Gasteiger partial charge in [-0.1, -0.05) is 23.7 Å². The van der Waals surface area contributed by atoms with Gasteiger partial charge < -0.3 is 9.15 Å². The summed E-state index contributed by atoms with van der Waals surface area (Å²) in [6.07, 6.45) is 0.0249. The fourth-order valence-corrected chi connectivity index (χ4v) is 3.99. The Morgan fingerprint density at radius 3 is 2.83 bits per heavy atom. The maximum atomic E-state index is 11.2. The molecule has 0 spiro atoms. The Balaban J connectivity index is 1.61. The van der Waals surface area contributed by atoms with Crippen molar-refractivity contribution in [2.45, 2.75) is 25.6 Å². The first kappa shape index (κ1) is 17.8. The van der Waals surface area contributed by atoms with Crippen LogP contribution in [-0.4, -0.2) is 15.6 Å². The minimum Gasteiger partial charge on any atom is -0.464 e. The molecular weight excluding hydrogens is 394 g/mol. The lowest BCUT2D eigenvalue weighted by molar-refractivity contribution is -0.385. The molecule has 0 N–H and O–H groups in total. The summed E-state index contributed by atoms with van der Waals surface area (Å²) in [5, 5.41) is 18.5. The van der Waals surface area contributed by atoms with Crippen molar-refractivity contribution < 1.29 is 14.1 Å². The van der Waals surface area contributed by atoms with Crippen molar-refractivity contribution in [2.24, 2.45) is 5.10 Å². The molecule has 29 heavy (non-hydrogen) atoms. The van der Waals surface area contributed by atoms with Crippen LogP contribution in [0.15, 0.2) is 64.1 Å². The number of hydrogen-bond acceptors (Lipinski definition) is 6. The molecule has 0 saturated heterocycles. The average Bonchev–Trinajstić information content (AvgIpc) is 3.34. The third-order valence-electron chi connectivity index (χ3n) is 5.14. The van der Waals surface area contributed by atoms with E-state index in [1.54, 1.807) is 18.2 Å². The summed E-state index contributed by atoms with van der Waals surface area (Å²) in [4.78, 5) is 10.8. The smallest absolute Gasteiger partial charge is 0.269 e. The van der Waals surface area contributed by atoms with Gasteiger partial charge in [0.15, 0.2) is 0 Å². The molecule has 8 heteroatoms. The number of furan rings is 1. The van der Waals surface area contributed by atoms with Gasteiger partial charge in [-0.05, 0) is 37.3 Å². The van der Waals surface area contributed by atoms with Crippen LogP contribution < -0.4 is 4.74 Å². The van der Waals surface area contributed by atoms with Crippen LogP contribution in [0.5, 0.6) is 5.75 Å². The number of nitro benzene ring substituents is 1. The Kier molecular flexibility index (Phi) is 4.06. The predicted molar refractivity (Wildman–Crippen MR) is 107 cm³/mol. The number of ether oxygens (including phenoxy) is 1. The number of nitro groups is 1. The SMILES string of the molecule is Cc1ccc(C2=NN3[C@H](C2)c2cc(Cl)ccc2O[C@H]3c2cccc([N+](=O)[O-])c2)o1. The van der Waals surface area contributed by atoms with E-state index in [0.717, 1.165) is 17.0 Å². The molecule has 0 amide bonds. The van der Waals surface area contributed by atoms with Gasteiger partial charge in [0, 0.05) is 34.7 Å². The molecule has 2 atom stereocenters. The molecule has 1 aromatic heterocycles. The highest BCUT2D eigenvalue weighted by atomic mass is 35.5. The number of fused-ring (bicyclic) bond motifs is 3. The van der Waals surface area contributed by atoms with E-state index in [-0.39, 0.29) is 11.7 Å². The molecule has 5 rings (SSSR count). The van der Waals surface area contributed by atoms with E-state index >= 15 is 0 Å². The molecule has 0 fully saturated rings. The molecule has 3 heterocycles. The van der Waals surface area contributed by atoms with E-state index < -0.39 is 11.2 Å². The van der Waals surface area contributed by atoms with Crippen molar-refractivity contribution >= 4 is 23.0 Å². The lowest BCUT2D eigenvalue weighted by Gasteiger charge is -2.38. The van der Waals surface area contributed by atoms with Crippen LogP contribution in [0.3, 0.4) is 0 Å². The lowest BCUT2D eigenvalue weighted by atomic mass is 9.97. The Morgan fingerprint density at radius 1 is 1.21 bits per heavy atom. The van der Waals surface area contributed by atoms with Gasteiger partial charge in [-0.15, -0.1) is 0 Å². The Morgan fingerprint density at radius 2 is 2.07 bits per heavy atom. The molecular formula is C21H16ClN3O4. The average molecular weight is 410 g/mol. The number of aryl methyl sites for hydroxylation is 1. The molecule has 0 radical (unpaired) electrons. The van der Waals surface area contributed by atoms with Crippen LogP contribution in [0, 0.1) is 17.0 Å². The summed E-state index contributed by atoms with van der Waals surface area (Å²) in [6, 6.07) is 15.6. The van der Waals surface area contributed by atoms with Crippen LogP contribution in [0.2, 0.25) is 5.02 Å². The summed E-state index contributed by atoms with van der Waals surface area (Å²) in [6.45, 7) is 1.89. The topological polar surface area (TPSA) is 81.1 Å². The van der Waals surface area contributed by atoms with Gasteiger partial charge in [0.05, 0.1) is 11.0 Å². The second-order valence-electron chi connectivity index (χ2n) is 7.06. The molecule has 0 aliphatic carbocycles. The number of hydrazone groups is 1. The minimum atomic E-state index is -0.595. The van der Waals surface area contributed by atoms with Gasteiger partial charge in [0.1, 0.15) is 23.0 Å². The maximum Gasteiger partial charge on any atom is 0.269 e. The van der Waals surface area contributed by atoms with Gasteiger partial charge in [0.25, 0.3) is 5.69 Å². The second-order valence-corrected chi connectivity index (χ2v) is 7.50. The van der Waals surface area contributed by atoms with Crippen molar-refractivity contribution in [3.63, 3.8) is 0 Å². The zero-order valence-electron chi connectivity index (χ0n) is 15.4. The molecule has 0 unspecified atom stereocenters. The lowest BCUT2D eigenvalue weighted by Crippen LogP contribution is -2.33. The second kappa shape index (κ2) is 6.63. The van der Waals surface area contributed by atoms with Gasteiger partial charge in [-0.25, -0.2) is 5.01 Å². The van der Waals surface area contributed by atoms with Crippen LogP contribution >= 0.6 is 11.6 Å². The van der Waals surface area contributed by atoms with Crippen LogP contribution in [-0.2, 0) is 0 Å². The third-order valence-corrected chi connectivity index (χ3v) is 5.38. The summed E-state index contributed by atoms with van der Waals surface area (Å²) in [5.74, 6) is 2.21. The molecule has 2 aliphatic rings. The maximum absolute atomic E-state index is 11.2. The number of hydrogen-bond donors (Lipinski definition) is 0. The van der Waals surface area contributed by atoms with Crippen LogP contribution in [0.4, 0.5) is 5.69 Å². The first-order chi connectivity index (χ1) is 14.0. The van der Waals surface area contributed by atoms with Gasteiger partial charge in [-0.2, -0.15) is 5.10 Å². The van der Waals surface area contributed by atoms with Gasteiger partial charge in [0.2, 0.25) is 6.23 Å². The van der Waals surface area contributed by atoms with Crippen LogP contribution in [0.1, 0.15) is 41.3 Å². The summed E-state index contributed by atoms with van der Waals surface area (Å²) < 4.78 is 12.0. The normalized spacial score (nSPS) is 19.9. The number of halogens is 1. The minimum absolute atomic E-state index is 0.00890. The van der Waals surface area contributed by atoms with Crippen molar-refractivity contribution in [3.05, 3.63) is 92.4 Å². The fourth-order valence-electron chi connectivity index (χ4n) is 3.81. The zero-order chi connectivity index (χ0) is 20.1. The quantitative estimate of drug-likeness (QED) is 0.427. The first-order valence-electron chi connectivity index (χ1n) is 9.13. The van der Waals surface area contributed by atoms with Gasteiger partial charge in [-0.3, -0.25) is 10.1 Å². The van der Waals surface area contributed by atoms with Crippen molar-refractivity contribution in [3.8, 4) is 5.75 Å². The van der Waals surface area contributed by atoms with E-state index in [9.17, 15) is 10.1 Å². The highest BCUT2D eigenvalue weighted by Crippen LogP contribution is 2.48. The standard InChI is InChI=1S/C21H16ClN3O4/c1-12-5-7-20(28-12)17-11-18-16-10-14(22)6-8-19(16)29-21(24(18)23-17)13-3-2-4-15(9-13)25(26)27/h2-10,18,21H,11H2,1H3/t18-,21+/m1/s1. The van der Waals surface area contributed by atoms with Crippen LogP contribution in [0.25, 0.3) is 0 Å². The molecule has 3 aromatic rings. The number of rotatable bonds is 3. The van der Waals surface area contributed by atoms with E-state index in [1.807, 2.05) is 36.2 Å². The Hall–Kier alpha value is -3.32. The predicted octanol–water partition coefficient (Wildman–Crippen LogP) is 5.39. The largest absolute Gasteiger partial charge is 0.464 e. The third kappa shape index (κ3) is 3.03. The van der Waals surface area contributed by atoms with Gasteiger partial charge >= 0.3 is 0 Å². The summed E-state index contributed by atoms with van der Waals surface area (Å²) >= 11 is 6.23. The Bertz CT molecular complexity index is 1160. The number of benzene rings is 2. The van der Waals surface area contributed by atoms with E-state index in [4.69, 9.17) is 25.9 Å². The summed E-state index contributed by atoms with van der Waals surface area (Å²) in [7, 11) is 0. The Labute approximate surface area is 171 Å². The van der Waals surface area contributed by atoms with E-state index in [2.05, 4.69) is 0 Å². The number of non-ortho nitro benzene ring substituents is 1. The summed E-state index contributed by atoms with van der Waals surface area (Å²) in [5.41, 5.74) is 2.40. The highest BCUT2D eigenvalue weighted by molar-refractivity contribution is 6.30. The van der Waals surface area contributed by atoms with E-state index in [0.29, 0.717) is 28.5 Å². The zero-order valence-corrected chi connectivity index (χ0v) is 16.2. The highest BCUT2D eigenvalue weighted by Gasteiger charge is 2.42. The molecule has 146 valence electrons. The van der Waals surface area contributed by atoms with Crippen molar-refractivity contribution in [2.75, 3.05) is 0 Å². The molecule has 7 nitrogen and oxygen atoms in total. The molecule has 2 aliphatic heterocycles. The van der Waals surface area contributed by atoms with E-state index in [1.165, 1.54) is 12.1 Å². The van der Waals surface area contributed by atoms with Crippen molar-refractivity contribution in [1.29, 1.82) is 0 Å². The monoisotopic (exact) mass is 409 g/mol. The fraction of sp³-hybridized carbons (Fsp3) is 0.190. The molecule has 0 saturated carbocycles.